The first kappa shape index (κ1) is 20.4. The van der Waals surface area contributed by atoms with Crippen molar-refractivity contribution in [2.24, 2.45) is 0 Å². The molecular weight excluding hydrogens is 262 g/mol. The Hall–Kier alpha value is -0.610. The summed E-state index contributed by atoms with van der Waals surface area (Å²) in [6.45, 7) is 19.2. The average molecular weight is 300 g/mol. The second-order valence-corrected chi connectivity index (χ2v) is 5.49. The molecule has 0 aromatic heterocycles. The lowest BCUT2D eigenvalue weighted by molar-refractivity contribution is -0.134. The molecule has 2 heterocycles. The van der Waals surface area contributed by atoms with Gasteiger partial charge in [0.2, 0.25) is 5.91 Å². The molecule has 0 atom stereocenters. The molecule has 0 radical (unpaired) electrons. The summed E-state index contributed by atoms with van der Waals surface area (Å²) >= 11 is 0. The van der Waals surface area contributed by atoms with E-state index in [1.807, 2.05) is 32.6 Å². The third-order valence-corrected chi connectivity index (χ3v) is 3.95. The molecule has 2 fully saturated rings. The highest BCUT2D eigenvalue weighted by Crippen LogP contribution is 2.10. The summed E-state index contributed by atoms with van der Waals surface area (Å²) in [6, 6.07) is 0.603. The molecule has 0 aliphatic carbocycles. The molecule has 0 aromatic carbocycles. The number of likely N-dealkylation sites (tertiary alicyclic amines) is 1. The van der Waals surface area contributed by atoms with Gasteiger partial charge < -0.3 is 4.90 Å². The van der Waals surface area contributed by atoms with E-state index in [1.54, 1.807) is 0 Å². The maximum atomic E-state index is 12.1. The molecule has 0 bridgehead atoms. The van der Waals surface area contributed by atoms with Gasteiger partial charge >= 0.3 is 0 Å². The van der Waals surface area contributed by atoms with E-state index in [0.29, 0.717) is 18.5 Å². The first-order chi connectivity index (χ1) is 10.2. The first-order valence-corrected chi connectivity index (χ1v) is 8.91. The number of piperazine rings is 1. The molecule has 0 saturated carbocycles. The Labute approximate surface area is 132 Å². The summed E-state index contributed by atoms with van der Waals surface area (Å²) in [6.07, 6.45) is 2.52. The van der Waals surface area contributed by atoms with Crippen LogP contribution in [0.2, 0.25) is 0 Å². The number of amides is 1. The molecule has 21 heavy (non-hydrogen) atoms. The quantitative estimate of drug-likeness (QED) is 0.801. The van der Waals surface area contributed by atoms with Gasteiger partial charge in [-0.05, 0) is 39.8 Å². The van der Waals surface area contributed by atoms with E-state index >= 15 is 0 Å². The Kier molecular flexibility index (Phi) is 11.6. The Morgan fingerprint density at radius 3 is 1.76 bits per heavy atom. The summed E-state index contributed by atoms with van der Waals surface area (Å²) in [5.41, 5.74) is 0. The van der Waals surface area contributed by atoms with Gasteiger partial charge in [-0.15, -0.1) is 0 Å². The number of nitrogens with zero attached hydrogens (tertiary/aromatic N) is 3. The van der Waals surface area contributed by atoms with Crippen LogP contribution in [0.3, 0.4) is 0 Å². The molecule has 2 rings (SSSR count). The Balaban J connectivity index is 0.000000921. The number of carbonyl (C=O) groups is 1. The van der Waals surface area contributed by atoms with Gasteiger partial charge in [0.1, 0.15) is 0 Å². The molecule has 2 aliphatic heterocycles. The average Bonchev–Trinajstić information content (AvgIpc) is 3.04. The van der Waals surface area contributed by atoms with Crippen LogP contribution in [0.5, 0.6) is 0 Å². The van der Waals surface area contributed by atoms with Crippen molar-refractivity contribution >= 4 is 5.91 Å². The van der Waals surface area contributed by atoms with Gasteiger partial charge in [-0.25, -0.2) is 0 Å². The van der Waals surface area contributed by atoms with E-state index in [9.17, 15) is 4.79 Å². The Morgan fingerprint density at radius 2 is 1.33 bits per heavy atom. The molecule has 0 aromatic rings. The molecule has 2 aliphatic rings. The highest BCUT2D eigenvalue weighted by atomic mass is 16.2. The van der Waals surface area contributed by atoms with Gasteiger partial charge in [-0.3, -0.25) is 14.6 Å². The van der Waals surface area contributed by atoms with Crippen LogP contribution >= 0.6 is 0 Å². The highest BCUT2D eigenvalue weighted by Gasteiger charge is 2.24. The van der Waals surface area contributed by atoms with Crippen molar-refractivity contribution in [2.75, 3.05) is 45.8 Å². The van der Waals surface area contributed by atoms with Gasteiger partial charge in [0.25, 0.3) is 0 Å². The molecule has 4 nitrogen and oxygen atoms in total. The zero-order valence-electron chi connectivity index (χ0n) is 15.2. The number of rotatable bonds is 3. The second kappa shape index (κ2) is 12.0. The molecule has 0 unspecified atom stereocenters. The maximum Gasteiger partial charge on any atom is 0.236 e. The first-order valence-electron chi connectivity index (χ1n) is 8.91. The summed E-state index contributed by atoms with van der Waals surface area (Å²) in [4.78, 5) is 18.9. The lowest BCUT2D eigenvalue weighted by Crippen LogP contribution is -2.52. The van der Waals surface area contributed by atoms with E-state index in [4.69, 9.17) is 0 Å². The van der Waals surface area contributed by atoms with Gasteiger partial charge in [0.15, 0.2) is 0 Å². The zero-order chi connectivity index (χ0) is 16.3. The molecule has 4 heteroatoms. The van der Waals surface area contributed by atoms with Crippen LogP contribution in [0.15, 0.2) is 0 Å². The van der Waals surface area contributed by atoms with E-state index in [2.05, 4.69) is 23.6 Å². The molecule has 0 spiro atoms. The number of hydrogen-bond acceptors (Lipinski definition) is 3. The second-order valence-electron chi connectivity index (χ2n) is 5.49. The third-order valence-electron chi connectivity index (χ3n) is 3.95. The summed E-state index contributed by atoms with van der Waals surface area (Å²) in [7, 11) is 0. The van der Waals surface area contributed by atoms with Crippen molar-refractivity contribution in [3.8, 4) is 0 Å². The van der Waals surface area contributed by atoms with E-state index in [-0.39, 0.29) is 0 Å². The number of carbonyl (C=O) groups excluding carboxylic acids is 1. The lowest BCUT2D eigenvalue weighted by Gasteiger charge is -2.37. The fourth-order valence-corrected chi connectivity index (χ4v) is 2.72. The highest BCUT2D eigenvalue weighted by molar-refractivity contribution is 5.78. The third kappa shape index (κ3) is 7.28. The van der Waals surface area contributed by atoms with Crippen molar-refractivity contribution in [2.45, 2.75) is 60.4 Å². The molecule has 126 valence electrons. The predicted octanol–water partition coefficient (Wildman–Crippen LogP) is 2.69. The Bertz CT molecular complexity index is 255. The number of hydrogen-bond donors (Lipinski definition) is 0. The van der Waals surface area contributed by atoms with Crippen molar-refractivity contribution in [3.05, 3.63) is 0 Å². The molecule has 1 amide bonds. The normalized spacial score (nSPS) is 19.7. The van der Waals surface area contributed by atoms with Crippen molar-refractivity contribution in [3.63, 3.8) is 0 Å². The fraction of sp³-hybridized carbons (Fsp3) is 0.941. The van der Waals surface area contributed by atoms with E-state index in [1.165, 1.54) is 12.8 Å². The van der Waals surface area contributed by atoms with Crippen molar-refractivity contribution < 1.29 is 4.79 Å². The van der Waals surface area contributed by atoms with Crippen LogP contribution in [-0.2, 0) is 4.79 Å². The predicted molar refractivity (Wildman–Crippen MR) is 91.7 cm³/mol. The van der Waals surface area contributed by atoms with Gasteiger partial charge in [0.05, 0.1) is 6.54 Å². The minimum Gasteiger partial charge on any atom is -0.339 e. The van der Waals surface area contributed by atoms with Crippen LogP contribution in [0, 0.1) is 0 Å². The minimum absolute atomic E-state index is 0.329. The zero-order valence-corrected chi connectivity index (χ0v) is 15.2. The van der Waals surface area contributed by atoms with E-state index in [0.717, 1.165) is 39.3 Å². The topological polar surface area (TPSA) is 26.8 Å². The lowest BCUT2D eigenvalue weighted by atomic mass is 10.2. The van der Waals surface area contributed by atoms with Gasteiger partial charge in [-0.1, -0.05) is 27.7 Å². The fourth-order valence-electron chi connectivity index (χ4n) is 2.72. The van der Waals surface area contributed by atoms with Crippen LogP contribution in [0.25, 0.3) is 0 Å². The smallest absolute Gasteiger partial charge is 0.236 e. The van der Waals surface area contributed by atoms with Crippen LogP contribution in [0.1, 0.15) is 54.4 Å². The largest absolute Gasteiger partial charge is 0.339 e. The standard InChI is InChI=1S/C13H25N3O.2C2H6/c1-12(2)15-7-9-16(10-8-15)13(17)11-14-5-3-4-6-14;2*1-2/h12H,3-11H2,1-2H3;2*1-2H3. The van der Waals surface area contributed by atoms with Crippen LogP contribution in [-0.4, -0.2) is 72.5 Å². The summed E-state index contributed by atoms with van der Waals surface area (Å²) in [5, 5.41) is 0. The van der Waals surface area contributed by atoms with E-state index < -0.39 is 0 Å². The maximum absolute atomic E-state index is 12.1. The minimum atomic E-state index is 0.329. The molecule has 2 saturated heterocycles. The SMILES string of the molecule is CC.CC.CC(C)N1CCN(C(=O)CN2CCCC2)CC1. The van der Waals surface area contributed by atoms with Crippen LogP contribution < -0.4 is 0 Å². The van der Waals surface area contributed by atoms with Gasteiger partial charge in [-0.2, -0.15) is 0 Å². The van der Waals surface area contributed by atoms with Crippen molar-refractivity contribution in [1.82, 2.24) is 14.7 Å². The monoisotopic (exact) mass is 299 g/mol. The summed E-state index contributed by atoms with van der Waals surface area (Å²) in [5.74, 6) is 0.329. The van der Waals surface area contributed by atoms with Gasteiger partial charge in [0, 0.05) is 32.2 Å². The van der Waals surface area contributed by atoms with Crippen molar-refractivity contribution in [1.29, 1.82) is 0 Å². The molecule has 0 N–H and O–H groups in total. The van der Waals surface area contributed by atoms with Crippen LogP contribution in [0.4, 0.5) is 0 Å². The molecular formula is C17H37N3O. The Morgan fingerprint density at radius 1 is 0.857 bits per heavy atom. The summed E-state index contributed by atoms with van der Waals surface area (Å²) < 4.78 is 0.